The van der Waals surface area contributed by atoms with E-state index in [1.807, 2.05) is 0 Å². The van der Waals surface area contributed by atoms with Crippen molar-refractivity contribution in [1.29, 1.82) is 0 Å². The van der Waals surface area contributed by atoms with Crippen LogP contribution in [0.1, 0.15) is 32.4 Å². The highest BCUT2D eigenvalue weighted by atomic mass is 19.2. The van der Waals surface area contributed by atoms with Gasteiger partial charge in [0.05, 0.1) is 12.6 Å². The molecule has 0 aliphatic carbocycles. The quantitative estimate of drug-likeness (QED) is 0.896. The fourth-order valence-electron chi connectivity index (χ4n) is 2.81. The van der Waals surface area contributed by atoms with Crippen LogP contribution in [0.25, 0.3) is 0 Å². The molecule has 2 atom stereocenters. The molecule has 8 heteroatoms. The molecule has 1 fully saturated rings. The smallest absolute Gasteiger partial charge is 0.425 e. The standard InChI is InChI=1S/C17H25F2N3O3/c1-17(2,3)25-16(23)22-15(11-5-6-12(18)13(19)9-11)14(20)10-21(22)7-8-24-4/h5-6,9,14-15H,7-8,10,20H2,1-4H3/t14-,15+/m1/s1. The summed E-state index contributed by atoms with van der Waals surface area (Å²) in [7, 11) is 1.56. The lowest BCUT2D eigenvalue weighted by Crippen LogP contribution is -2.46. The van der Waals surface area contributed by atoms with Crippen LogP contribution in [0.3, 0.4) is 0 Å². The summed E-state index contributed by atoms with van der Waals surface area (Å²) in [6.45, 7) is 6.44. The number of halogens is 2. The number of ether oxygens (including phenoxy) is 2. The summed E-state index contributed by atoms with van der Waals surface area (Å²) in [5, 5.41) is 3.09. The third kappa shape index (κ3) is 4.65. The monoisotopic (exact) mass is 357 g/mol. The van der Waals surface area contributed by atoms with Crippen LogP contribution in [-0.4, -0.2) is 54.6 Å². The van der Waals surface area contributed by atoms with Gasteiger partial charge in [-0.2, -0.15) is 0 Å². The van der Waals surface area contributed by atoms with Crippen LogP contribution in [-0.2, 0) is 9.47 Å². The molecule has 0 aromatic heterocycles. The predicted octanol–water partition coefficient (Wildman–Crippen LogP) is 2.45. The van der Waals surface area contributed by atoms with Crippen LogP contribution in [0.4, 0.5) is 13.6 Å². The molecule has 1 aromatic carbocycles. The van der Waals surface area contributed by atoms with Crippen molar-refractivity contribution in [1.82, 2.24) is 10.0 Å². The molecule has 1 aromatic rings. The highest BCUT2D eigenvalue weighted by molar-refractivity contribution is 5.69. The summed E-state index contributed by atoms with van der Waals surface area (Å²) in [6.07, 6.45) is -0.591. The molecule has 1 amide bonds. The number of methoxy groups -OCH3 is 1. The third-order valence-electron chi connectivity index (χ3n) is 3.81. The van der Waals surface area contributed by atoms with E-state index in [1.165, 1.54) is 11.1 Å². The molecule has 0 bridgehead atoms. The van der Waals surface area contributed by atoms with Gasteiger partial charge in [0.1, 0.15) is 5.60 Å². The Morgan fingerprint density at radius 1 is 1.32 bits per heavy atom. The Kier molecular flexibility index (Phi) is 5.97. The summed E-state index contributed by atoms with van der Waals surface area (Å²) in [5.74, 6) is -1.93. The van der Waals surface area contributed by atoms with Gasteiger partial charge in [0.25, 0.3) is 0 Å². The minimum Gasteiger partial charge on any atom is -0.443 e. The third-order valence-corrected chi connectivity index (χ3v) is 3.81. The number of amides is 1. The maximum Gasteiger partial charge on any atom is 0.425 e. The maximum absolute atomic E-state index is 13.7. The Labute approximate surface area is 146 Å². The van der Waals surface area contributed by atoms with E-state index in [2.05, 4.69) is 0 Å². The summed E-state index contributed by atoms with van der Waals surface area (Å²) in [4.78, 5) is 12.7. The van der Waals surface area contributed by atoms with Gasteiger partial charge in [0.2, 0.25) is 0 Å². The van der Waals surface area contributed by atoms with Crippen LogP contribution in [0.15, 0.2) is 18.2 Å². The van der Waals surface area contributed by atoms with Crippen molar-refractivity contribution in [2.75, 3.05) is 26.8 Å². The fourth-order valence-corrected chi connectivity index (χ4v) is 2.81. The summed E-state index contributed by atoms with van der Waals surface area (Å²) in [5.41, 5.74) is 5.92. The molecule has 0 radical (unpaired) electrons. The molecule has 140 valence electrons. The molecule has 0 saturated carbocycles. The Hall–Kier alpha value is -1.77. The van der Waals surface area contributed by atoms with Gasteiger partial charge in [0.15, 0.2) is 11.6 Å². The van der Waals surface area contributed by atoms with Crippen molar-refractivity contribution in [3.8, 4) is 0 Å². The van der Waals surface area contributed by atoms with E-state index in [9.17, 15) is 13.6 Å². The van der Waals surface area contributed by atoms with E-state index < -0.39 is 35.4 Å². The summed E-state index contributed by atoms with van der Waals surface area (Å²) < 4.78 is 37.5. The largest absolute Gasteiger partial charge is 0.443 e. The van der Waals surface area contributed by atoms with E-state index >= 15 is 0 Å². The van der Waals surface area contributed by atoms with Crippen LogP contribution in [0, 0.1) is 11.6 Å². The Morgan fingerprint density at radius 2 is 2.00 bits per heavy atom. The number of nitrogens with two attached hydrogens (primary N) is 1. The fraction of sp³-hybridized carbons (Fsp3) is 0.588. The van der Waals surface area contributed by atoms with E-state index in [0.717, 1.165) is 12.1 Å². The van der Waals surface area contributed by atoms with Crippen molar-refractivity contribution in [3.63, 3.8) is 0 Å². The highest BCUT2D eigenvalue weighted by Crippen LogP contribution is 2.33. The average Bonchev–Trinajstić information content (AvgIpc) is 2.83. The van der Waals surface area contributed by atoms with E-state index in [4.69, 9.17) is 15.2 Å². The Morgan fingerprint density at radius 3 is 2.56 bits per heavy atom. The highest BCUT2D eigenvalue weighted by Gasteiger charge is 2.43. The number of rotatable bonds is 4. The topological polar surface area (TPSA) is 68.0 Å². The average molecular weight is 357 g/mol. The molecule has 0 unspecified atom stereocenters. The minimum absolute atomic E-state index is 0.367. The van der Waals surface area contributed by atoms with Crippen molar-refractivity contribution in [2.45, 2.75) is 38.5 Å². The van der Waals surface area contributed by atoms with Gasteiger partial charge in [-0.15, -0.1) is 0 Å². The van der Waals surface area contributed by atoms with Crippen LogP contribution < -0.4 is 5.73 Å². The molecule has 1 saturated heterocycles. The summed E-state index contributed by atoms with van der Waals surface area (Å²) >= 11 is 0. The maximum atomic E-state index is 13.7. The zero-order valence-corrected chi connectivity index (χ0v) is 15.0. The zero-order chi connectivity index (χ0) is 18.8. The minimum atomic E-state index is -0.982. The number of hydrogen-bond acceptors (Lipinski definition) is 5. The first-order chi connectivity index (χ1) is 11.6. The van der Waals surface area contributed by atoms with Crippen molar-refractivity contribution in [3.05, 3.63) is 35.4 Å². The van der Waals surface area contributed by atoms with Gasteiger partial charge < -0.3 is 15.2 Å². The molecular weight excluding hydrogens is 332 g/mol. The second-order valence-electron chi connectivity index (χ2n) is 7.01. The van der Waals surface area contributed by atoms with Crippen molar-refractivity contribution in [2.24, 2.45) is 5.73 Å². The van der Waals surface area contributed by atoms with E-state index in [-0.39, 0.29) is 0 Å². The lowest BCUT2D eigenvalue weighted by Gasteiger charge is -2.34. The molecule has 2 N–H and O–H groups in total. The van der Waals surface area contributed by atoms with Crippen LogP contribution in [0.5, 0.6) is 0 Å². The van der Waals surface area contributed by atoms with Gasteiger partial charge >= 0.3 is 6.09 Å². The normalized spacial score (nSPS) is 21.6. The van der Waals surface area contributed by atoms with Crippen molar-refractivity contribution < 1.29 is 23.0 Å². The number of hydrogen-bond donors (Lipinski definition) is 1. The molecule has 2 rings (SSSR count). The zero-order valence-electron chi connectivity index (χ0n) is 15.0. The molecular formula is C17H25F2N3O3. The number of hydrazine groups is 1. The van der Waals surface area contributed by atoms with Gasteiger partial charge in [0, 0.05) is 26.2 Å². The van der Waals surface area contributed by atoms with Crippen LogP contribution in [0.2, 0.25) is 0 Å². The first-order valence-corrected chi connectivity index (χ1v) is 8.10. The molecule has 1 heterocycles. The van der Waals surface area contributed by atoms with Gasteiger partial charge in [-0.25, -0.2) is 23.6 Å². The van der Waals surface area contributed by atoms with Crippen molar-refractivity contribution >= 4 is 6.09 Å². The Bertz CT molecular complexity index is 622. The second-order valence-corrected chi connectivity index (χ2v) is 7.01. The molecule has 0 spiro atoms. The SMILES string of the molecule is COCCN1C[C@@H](N)[C@H](c2ccc(F)c(F)c2)N1C(=O)OC(C)(C)C. The molecule has 25 heavy (non-hydrogen) atoms. The summed E-state index contributed by atoms with van der Waals surface area (Å²) in [6, 6.07) is 2.40. The molecule has 1 aliphatic rings. The predicted molar refractivity (Wildman–Crippen MR) is 88.6 cm³/mol. The van der Waals surface area contributed by atoms with Gasteiger partial charge in [-0.05, 0) is 38.5 Å². The van der Waals surface area contributed by atoms with Gasteiger partial charge in [-0.1, -0.05) is 6.07 Å². The van der Waals surface area contributed by atoms with E-state index in [1.54, 1.807) is 32.9 Å². The van der Waals surface area contributed by atoms with Crippen LogP contribution >= 0.6 is 0 Å². The number of benzene rings is 1. The first-order valence-electron chi connectivity index (χ1n) is 8.10. The number of carbonyl (C=O) groups excluding carboxylic acids is 1. The lowest BCUT2D eigenvalue weighted by molar-refractivity contribution is -0.0478. The van der Waals surface area contributed by atoms with Gasteiger partial charge in [-0.3, -0.25) is 0 Å². The molecule has 1 aliphatic heterocycles. The van der Waals surface area contributed by atoms with E-state index in [0.29, 0.717) is 25.3 Å². The number of nitrogens with zero attached hydrogens (tertiary/aromatic N) is 2. The lowest BCUT2D eigenvalue weighted by atomic mass is 10.0. The second kappa shape index (κ2) is 7.63. The number of carbonyl (C=O) groups is 1. The first kappa shape index (κ1) is 19.6. The Balaban J connectivity index is 2.36. The molecule has 6 nitrogen and oxygen atoms in total.